The maximum Gasteiger partial charge on any atom is 0.161 e. The number of benzene rings is 1. The second-order valence-electron chi connectivity index (χ2n) is 3.30. The van der Waals surface area contributed by atoms with Crippen LogP contribution in [0.4, 0.5) is 13.2 Å². The minimum atomic E-state index is -1.18. The van der Waals surface area contributed by atoms with Crippen LogP contribution in [0.2, 0.25) is 0 Å². The molecule has 0 aliphatic carbocycles. The molecule has 0 spiro atoms. The molecule has 16 heavy (non-hydrogen) atoms. The zero-order valence-corrected chi connectivity index (χ0v) is 8.86. The van der Waals surface area contributed by atoms with Crippen LogP contribution in [-0.2, 0) is 6.54 Å². The number of hydrogen-bond donors (Lipinski definition) is 1. The van der Waals surface area contributed by atoms with E-state index in [1.54, 1.807) is 19.1 Å². The largest absolute Gasteiger partial charge is 0.384 e. The molecule has 0 saturated heterocycles. The average Bonchev–Trinajstić information content (AvgIpc) is 2.22. The average molecular weight is 227 g/mol. The maximum absolute atomic E-state index is 13.2. The smallest absolute Gasteiger partial charge is 0.161 e. The predicted octanol–water partition coefficient (Wildman–Crippen LogP) is 3.28. The van der Waals surface area contributed by atoms with E-state index in [0.29, 0.717) is 6.07 Å². The first-order valence-electron chi connectivity index (χ1n) is 4.71. The molecule has 1 rings (SSSR count). The summed E-state index contributed by atoms with van der Waals surface area (Å²) in [5, 5.41) is 2.85. The van der Waals surface area contributed by atoms with Crippen LogP contribution in [0.1, 0.15) is 12.5 Å². The van der Waals surface area contributed by atoms with Crippen molar-refractivity contribution >= 4 is 0 Å². The Kier molecular flexibility index (Phi) is 4.17. The maximum atomic E-state index is 13.2. The Balaban J connectivity index is 2.78. The summed E-state index contributed by atoms with van der Waals surface area (Å²) in [5.41, 5.74) is 0.842. The lowest BCUT2D eigenvalue weighted by atomic mass is 10.2. The van der Waals surface area contributed by atoms with Crippen molar-refractivity contribution in [1.29, 1.82) is 0 Å². The second-order valence-corrected chi connectivity index (χ2v) is 3.30. The van der Waals surface area contributed by atoms with E-state index in [9.17, 15) is 13.2 Å². The number of rotatable bonds is 4. The van der Waals surface area contributed by atoms with E-state index in [-0.39, 0.29) is 12.1 Å². The molecule has 0 aliphatic heterocycles. The van der Waals surface area contributed by atoms with Gasteiger partial charge in [-0.15, -0.1) is 0 Å². The first-order valence-corrected chi connectivity index (χ1v) is 4.71. The van der Waals surface area contributed by atoms with Crippen molar-refractivity contribution in [2.45, 2.75) is 13.5 Å². The van der Waals surface area contributed by atoms with Gasteiger partial charge in [0.05, 0.1) is 0 Å². The van der Waals surface area contributed by atoms with Crippen LogP contribution >= 0.6 is 0 Å². The van der Waals surface area contributed by atoms with E-state index in [0.717, 1.165) is 11.8 Å². The SMILES string of the molecule is C=C/C=C(\C)NCc1cc(F)c(F)cc1F. The third-order valence-electron chi connectivity index (χ3n) is 2.01. The van der Waals surface area contributed by atoms with Gasteiger partial charge >= 0.3 is 0 Å². The molecule has 86 valence electrons. The Bertz CT molecular complexity index is 425. The molecule has 1 aromatic carbocycles. The van der Waals surface area contributed by atoms with Gasteiger partial charge in [0.2, 0.25) is 0 Å². The zero-order valence-electron chi connectivity index (χ0n) is 8.86. The quantitative estimate of drug-likeness (QED) is 0.614. The van der Waals surface area contributed by atoms with Gasteiger partial charge in [-0.25, -0.2) is 13.2 Å². The summed E-state index contributed by atoms with van der Waals surface area (Å²) in [7, 11) is 0. The summed E-state index contributed by atoms with van der Waals surface area (Å²) >= 11 is 0. The van der Waals surface area contributed by atoms with Gasteiger partial charge in [0.1, 0.15) is 5.82 Å². The lowest BCUT2D eigenvalue weighted by molar-refractivity contribution is 0.488. The van der Waals surface area contributed by atoms with Crippen molar-refractivity contribution < 1.29 is 13.2 Å². The van der Waals surface area contributed by atoms with Gasteiger partial charge in [0.25, 0.3) is 0 Å². The molecule has 1 aromatic rings. The second kappa shape index (κ2) is 5.39. The molecule has 0 fully saturated rings. The number of allylic oxidation sites excluding steroid dienone is 3. The molecule has 0 heterocycles. The summed E-state index contributed by atoms with van der Waals surface area (Å²) in [6.07, 6.45) is 3.27. The molecule has 0 aromatic heterocycles. The summed E-state index contributed by atoms with van der Waals surface area (Å²) in [4.78, 5) is 0. The van der Waals surface area contributed by atoms with Gasteiger partial charge in [-0.3, -0.25) is 0 Å². The van der Waals surface area contributed by atoms with Crippen LogP contribution < -0.4 is 5.32 Å². The predicted molar refractivity (Wildman–Crippen MR) is 57.1 cm³/mol. The van der Waals surface area contributed by atoms with Crippen LogP contribution in [0.25, 0.3) is 0 Å². The van der Waals surface area contributed by atoms with Crippen molar-refractivity contribution in [3.8, 4) is 0 Å². The molecule has 1 nitrogen and oxygen atoms in total. The van der Waals surface area contributed by atoms with Crippen molar-refractivity contribution in [3.05, 3.63) is 59.6 Å². The highest BCUT2D eigenvalue weighted by Crippen LogP contribution is 2.13. The van der Waals surface area contributed by atoms with Gasteiger partial charge in [-0.1, -0.05) is 12.7 Å². The minimum absolute atomic E-state index is 0.0794. The topological polar surface area (TPSA) is 12.0 Å². The van der Waals surface area contributed by atoms with Crippen LogP contribution in [0, 0.1) is 17.5 Å². The van der Waals surface area contributed by atoms with Gasteiger partial charge < -0.3 is 5.32 Å². The lowest BCUT2D eigenvalue weighted by Gasteiger charge is -2.07. The Hall–Kier alpha value is -1.71. The Morgan fingerprint density at radius 1 is 1.25 bits per heavy atom. The summed E-state index contributed by atoms with van der Waals surface area (Å²) in [5.74, 6) is -3.00. The van der Waals surface area contributed by atoms with E-state index in [1.807, 2.05) is 0 Å². The third-order valence-corrected chi connectivity index (χ3v) is 2.01. The number of halogens is 3. The molecule has 0 amide bonds. The first kappa shape index (κ1) is 12.4. The Morgan fingerprint density at radius 3 is 2.50 bits per heavy atom. The summed E-state index contributed by atoms with van der Waals surface area (Å²) < 4.78 is 38.6. The van der Waals surface area contributed by atoms with E-state index in [2.05, 4.69) is 11.9 Å². The van der Waals surface area contributed by atoms with Gasteiger partial charge in [-0.05, 0) is 19.1 Å². The van der Waals surface area contributed by atoms with Crippen molar-refractivity contribution in [2.24, 2.45) is 0 Å². The fourth-order valence-corrected chi connectivity index (χ4v) is 1.17. The number of nitrogens with one attached hydrogen (secondary N) is 1. The molecule has 0 atom stereocenters. The zero-order chi connectivity index (χ0) is 12.1. The fourth-order valence-electron chi connectivity index (χ4n) is 1.17. The molecule has 0 saturated carbocycles. The Labute approximate surface area is 92.3 Å². The molecule has 1 N–H and O–H groups in total. The van der Waals surface area contributed by atoms with E-state index in [1.165, 1.54) is 0 Å². The van der Waals surface area contributed by atoms with Crippen LogP contribution in [0.5, 0.6) is 0 Å². The molecule has 4 heteroatoms. The normalized spacial score (nSPS) is 11.4. The first-order chi connectivity index (χ1) is 7.54. The van der Waals surface area contributed by atoms with E-state index < -0.39 is 17.5 Å². The number of hydrogen-bond acceptors (Lipinski definition) is 1. The molecular formula is C12H12F3N. The van der Waals surface area contributed by atoms with Crippen molar-refractivity contribution in [2.75, 3.05) is 0 Å². The highest BCUT2D eigenvalue weighted by Gasteiger charge is 2.09. The van der Waals surface area contributed by atoms with Crippen LogP contribution in [0.3, 0.4) is 0 Å². The molecule has 0 unspecified atom stereocenters. The summed E-state index contributed by atoms with van der Waals surface area (Å²) in [6, 6.07) is 1.39. The Morgan fingerprint density at radius 2 is 1.88 bits per heavy atom. The highest BCUT2D eigenvalue weighted by molar-refractivity contribution is 5.21. The van der Waals surface area contributed by atoms with E-state index in [4.69, 9.17) is 0 Å². The summed E-state index contributed by atoms with van der Waals surface area (Å²) in [6.45, 7) is 5.36. The van der Waals surface area contributed by atoms with Gasteiger partial charge in [0, 0.05) is 23.9 Å². The minimum Gasteiger partial charge on any atom is -0.384 e. The monoisotopic (exact) mass is 227 g/mol. The lowest BCUT2D eigenvalue weighted by Crippen LogP contribution is -2.12. The molecule has 0 bridgehead atoms. The molecule has 0 radical (unpaired) electrons. The van der Waals surface area contributed by atoms with Gasteiger partial charge in [-0.2, -0.15) is 0 Å². The van der Waals surface area contributed by atoms with Crippen LogP contribution in [-0.4, -0.2) is 0 Å². The van der Waals surface area contributed by atoms with E-state index >= 15 is 0 Å². The van der Waals surface area contributed by atoms with Crippen molar-refractivity contribution in [3.63, 3.8) is 0 Å². The van der Waals surface area contributed by atoms with Gasteiger partial charge in [0.15, 0.2) is 11.6 Å². The fraction of sp³-hybridized carbons (Fsp3) is 0.167. The molecular weight excluding hydrogens is 215 g/mol. The van der Waals surface area contributed by atoms with Crippen LogP contribution in [0.15, 0.2) is 36.6 Å². The van der Waals surface area contributed by atoms with Crippen molar-refractivity contribution in [1.82, 2.24) is 5.32 Å². The third kappa shape index (κ3) is 3.15. The molecule has 0 aliphatic rings. The standard InChI is InChI=1S/C12H12F3N/c1-3-4-8(2)16-7-9-5-11(14)12(15)6-10(9)13/h3-6,16H,1,7H2,2H3/b8-4+. The highest BCUT2D eigenvalue weighted by atomic mass is 19.2.